The molecule has 0 radical (unpaired) electrons. The third-order valence-electron chi connectivity index (χ3n) is 5.25. The highest BCUT2D eigenvalue weighted by atomic mass is 35.5. The molecule has 2 fully saturated rings. The molecule has 2 aliphatic rings. The Morgan fingerprint density at radius 2 is 2.21 bits per heavy atom. The largest absolute Gasteiger partial charge is 0.469 e. The standard InChI is InChI=1S/C18H21ClN2O3/c1-23-18(22)12-6-11(7-12)14-9-16-13(8-15(14)19)10-20-21(16)17-4-2-3-5-24-17/h8-12,17H,2-7H2,1H3. The van der Waals surface area contributed by atoms with Crippen LogP contribution in [0.15, 0.2) is 18.3 Å². The zero-order valence-electron chi connectivity index (χ0n) is 13.7. The summed E-state index contributed by atoms with van der Waals surface area (Å²) >= 11 is 6.48. The van der Waals surface area contributed by atoms with E-state index in [-0.39, 0.29) is 18.1 Å². The SMILES string of the molecule is COC(=O)C1CC(c2cc3c(cnn3C3CCCCO3)cc2Cl)C1. The fourth-order valence-electron chi connectivity index (χ4n) is 3.77. The van der Waals surface area contributed by atoms with Crippen LogP contribution in [0, 0.1) is 5.92 Å². The Balaban J connectivity index is 1.62. The van der Waals surface area contributed by atoms with Gasteiger partial charge in [0.25, 0.3) is 0 Å². The van der Waals surface area contributed by atoms with Gasteiger partial charge < -0.3 is 9.47 Å². The summed E-state index contributed by atoms with van der Waals surface area (Å²) in [5, 5.41) is 6.30. The van der Waals surface area contributed by atoms with Crippen LogP contribution in [0.2, 0.25) is 5.02 Å². The van der Waals surface area contributed by atoms with Crippen LogP contribution < -0.4 is 0 Å². The molecule has 128 valence electrons. The molecule has 0 N–H and O–H groups in total. The number of hydrogen-bond acceptors (Lipinski definition) is 4. The average Bonchev–Trinajstić information content (AvgIpc) is 2.97. The molecule has 1 unspecified atom stereocenters. The lowest BCUT2D eigenvalue weighted by Gasteiger charge is -2.34. The number of halogens is 1. The second kappa shape index (κ2) is 6.37. The number of hydrogen-bond donors (Lipinski definition) is 0. The Morgan fingerprint density at radius 1 is 1.38 bits per heavy atom. The number of fused-ring (bicyclic) bond motifs is 1. The van der Waals surface area contributed by atoms with E-state index in [0.29, 0.717) is 5.92 Å². The summed E-state index contributed by atoms with van der Waals surface area (Å²) in [5.41, 5.74) is 2.16. The number of esters is 1. The summed E-state index contributed by atoms with van der Waals surface area (Å²) in [6.45, 7) is 0.788. The minimum atomic E-state index is -0.121. The van der Waals surface area contributed by atoms with Crippen LogP contribution in [-0.4, -0.2) is 29.5 Å². The van der Waals surface area contributed by atoms with Gasteiger partial charge in [-0.15, -0.1) is 0 Å². The van der Waals surface area contributed by atoms with Crippen LogP contribution in [-0.2, 0) is 14.3 Å². The first-order valence-corrected chi connectivity index (χ1v) is 8.91. The molecule has 1 saturated heterocycles. The van der Waals surface area contributed by atoms with Crippen molar-refractivity contribution < 1.29 is 14.3 Å². The zero-order valence-corrected chi connectivity index (χ0v) is 14.5. The van der Waals surface area contributed by atoms with Gasteiger partial charge in [-0.25, -0.2) is 4.68 Å². The molecule has 4 rings (SSSR count). The van der Waals surface area contributed by atoms with Gasteiger partial charge in [-0.05, 0) is 55.7 Å². The van der Waals surface area contributed by atoms with Gasteiger partial charge in [-0.2, -0.15) is 5.10 Å². The topological polar surface area (TPSA) is 53.3 Å². The summed E-state index contributed by atoms with van der Waals surface area (Å²) in [5.74, 6) is 0.184. The highest BCUT2D eigenvalue weighted by Gasteiger charge is 2.37. The summed E-state index contributed by atoms with van der Waals surface area (Å²) in [7, 11) is 1.44. The van der Waals surface area contributed by atoms with E-state index >= 15 is 0 Å². The van der Waals surface area contributed by atoms with E-state index in [1.165, 1.54) is 7.11 Å². The molecular weight excluding hydrogens is 328 g/mol. The van der Waals surface area contributed by atoms with Crippen molar-refractivity contribution in [2.45, 2.75) is 44.2 Å². The van der Waals surface area contributed by atoms with Gasteiger partial charge in [0.15, 0.2) is 6.23 Å². The van der Waals surface area contributed by atoms with E-state index < -0.39 is 0 Å². The third-order valence-corrected chi connectivity index (χ3v) is 5.58. The van der Waals surface area contributed by atoms with Crippen molar-refractivity contribution in [1.29, 1.82) is 0 Å². The smallest absolute Gasteiger partial charge is 0.308 e. The summed E-state index contributed by atoms with van der Waals surface area (Å²) in [4.78, 5) is 11.6. The number of aromatic nitrogens is 2. The first-order valence-electron chi connectivity index (χ1n) is 8.53. The fourth-order valence-corrected chi connectivity index (χ4v) is 4.10. The van der Waals surface area contributed by atoms with Crippen LogP contribution in [0.1, 0.15) is 49.8 Å². The van der Waals surface area contributed by atoms with Gasteiger partial charge in [0, 0.05) is 17.0 Å². The average molecular weight is 349 g/mol. The number of rotatable bonds is 3. The number of carbonyl (C=O) groups is 1. The molecule has 1 atom stereocenters. The van der Waals surface area contributed by atoms with E-state index in [9.17, 15) is 4.79 Å². The molecule has 6 heteroatoms. The maximum Gasteiger partial charge on any atom is 0.308 e. The van der Waals surface area contributed by atoms with Crippen LogP contribution in [0.25, 0.3) is 10.9 Å². The van der Waals surface area contributed by atoms with Crippen LogP contribution in [0.4, 0.5) is 0 Å². The summed E-state index contributed by atoms with van der Waals surface area (Å²) in [6.07, 6.45) is 6.72. The number of benzene rings is 1. The zero-order chi connectivity index (χ0) is 16.7. The Morgan fingerprint density at radius 3 is 2.92 bits per heavy atom. The van der Waals surface area contributed by atoms with Gasteiger partial charge in [0.2, 0.25) is 0 Å². The minimum absolute atomic E-state index is 0.00153. The highest BCUT2D eigenvalue weighted by molar-refractivity contribution is 6.32. The van der Waals surface area contributed by atoms with Crippen molar-refractivity contribution in [1.82, 2.24) is 9.78 Å². The number of carbonyl (C=O) groups excluding carboxylic acids is 1. The van der Waals surface area contributed by atoms with Crippen molar-refractivity contribution in [3.63, 3.8) is 0 Å². The maximum absolute atomic E-state index is 11.6. The lowest BCUT2D eigenvalue weighted by atomic mass is 9.71. The lowest BCUT2D eigenvalue weighted by molar-refractivity contribution is -0.148. The number of ether oxygens (including phenoxy) is 2. The van der Waals surface area contributed by atoms with E-state index in [1.54, 1.807) is 0 Å². The van der Waals surface area contributed by atoms with Crippen LogP contribution in [0.3, 0.4) is 0 Å². The third kappa shape index (κ3) is 2.70. The van der Waals surface area contributed by atoms with Crippen molar-refractivity contribution >= 4 is 28.5 Å². The minimum Gasteiger partial charge on any atom is -0.469 e. The fraction of sp³-hybridized carbons (Fsp3) is 0.556. The van der Waals surface area contributed by atoms with Crippen LogP contribution >= 0.6 is 11.6 Å². The second-order valence-electron chi connectivity index (χ2n) is 6.73. The molecule has 1 aromatic carbocycles. The van der Waals surface area contributed by atoms with Crippen molar-refractivity contribution in [3.8, 4) is 0 Å². The highest BCUT2D eigenvalue weighted by Crippen LogP contribution is 2.45. The molecule has 1 aliphatic heterocycles. The van der Waals surface area contributed by atoms with E-state index in [2.05, 4.69) is 11.2 Å². The van der Waals surface area contributed by atoms with E-state index in [1.807, 2.05) is 16.9 Å². The normalized spacial score (nSPS) is 27.0. The predicted octanol–water partition coefficient (Wildman–Crippen LogP) is 4.06. The Bertz CT molecular complexity index is 761. The molecule has 1 aliphatic carbocycles. The van der Waals surface area contributed by atoms with Gasteiger partial charge in [-0.1, -0.05) is 11.6 Å². The molecular formula is C18H21ClN2O3. The van der Waals surface area contributed by atoms with Gasteiger partial charge in [0.05, 0.1) is 24.7 Å². The van der Waals surface area contributed by atoms with Gasteiger partial charge in [0.1, 0.15) is 0 Å². The Labute approximate surface area is 145 Å². The maximum atomic E-state index is 11.6. The molecule has 0 amide bonds. The number of methoxy groups -OCH3 is 1. The van der Waals surface area contributed by atoms with Gasteiger partial charge in [-0.3, -0.25) is 4.79 Å². The number of nitrogens with zero attached hydrogens (tertiary/aromatic N) is 2. The first kappa shape index (κ1) is 15.9. The van der Waals surface area contributed by atoms with Crippen molar-refractivity contribution in [2.24, 2.45) is 5.92 Å². The molecule has 5 nitrogen and oxygen atoms in total. The first-order chi connectivity index (χ1) is 11.7. The van der Waals surface area contributed by atoms with Crippen molar-refractivity contribution in [2.75, 3.05) is 13.7 Å². The molecule has 2 aromatic rings. The lowest BCUT2D eigenvalue weighted by Crippen LogP contribution is -2.30. The second-order valence-corrected chi connectivity index (χ2v) is 7.14. The molecule has 1 aromatic heterocycles. The van der Waals surface area contributed by atoms with Crippen LogP contribution in [0.5, 0.6) is 0 Å². The van der Waals surface area contributed by atoms with E-state index in [0.717, 1.165) is 60.2 Å². The monoisotopic (exact) mass is 348 g/mol. The Hall–Kier alpha value is -1.59. The Kier molecular flexibility index (Phi) is 4.22. The van der Waals surface area contributed by atoms with Crippen molar-refractivity contribution in [3.05, 3.63) is 28.9 Å². The molecule has 2 heterocycles. The summed E-state index contributed by atoms with van der Waals surface area (Å²) in [6, 6.07) is 4.10. The quantitative estimate of drug-likeness (QED) is 0.785. The van der Waals surface area contributed by atoms with E-state index in [4.69, 9.17) is 21.1 Å². The molecule has 24 heavy (non-hydrogen) atoms. The predicted molar refractivity (Wildman–Crippen MR) is 91.1 cm³/mol. The van der Waals surface area contributed by atoms with Gasteiger partial charge >= 0.3 is 5.97 Å². The molecule has 0 spiro atoms. The molecule has 1 saturated carbocycles. The summed E-state index contributed by atoms with van der Waals surface area (Å²) < 4.78 is 12.7. The molecule has 0 bridgehead atoms.